The van der Waals surface area contributed by atoms with Crippen molar-refractivity contribution in [3.8, 4) is 22.2 Å². The fourth-order valence-electron chi connectivity index (χ4n) is 3.12. The van der Waals surface area contributed by atoms with Crippen LogP contribution in [0.5, 0.6) is 11.5 Å². The Kier molecular flexibility index (Phi) is 5.23. The quantitative estimate of drug-likeness (QED) is 0.393. The molecule has 3 aromatic heterocycles. The number of methoxy groups -OCH3 is 1. The Morgan fingerprint density at radius 2 is 1.94 bits per heavy atom. The van der Waals surface area contributed by atoms with Gasteiger partial charge in [0.2, 0.25) is 4.96 Å². The Morgan fingerprint density at radius 1 is 1.06 bits per heavy atom. The van der Waals surface area contributed by atoms with Gasteiger partial charge in [-0.1, -0.05) is 53.8 Å². The standard InChI is InChI=1S/C23H17N3O3S2/c1-28-18-12-16(9-10-17(18)29-14-15-6-3-2-4-7-15)13-20-22(27)26-23(31-20)24-21(25-26)19-8-5-11-30-19/h2-13H,14H2,1H3/b20-13+. The first-order valence-corrected chi connectivity index (χ1v) is 11.2. The largest absolute Gasteiger partial charge is 0.493 e. The topological polar surface area (TPSA) is 65.7 Å². The maximum Gasteiger partial charge on any atom is 0.291 e. The van der Waals surface area contributed by atoms with Crippen molar-refractivity contribution in [3.63, 3.8) is 0 Å². The van der Waals surface area contributed by atoms with Crippen molar-refractivity contribution in [1.82, 2.24) is 14.6 Å². The first-order valence-electron chi connectivity index (χ1n) is 9.51. The van der Waals surface area contributed by atoms with Crippen LogP contribution in [-0.4, -0.2) is 21.7 Å². The van der Waals surface area contributed by atoms with E-state index in [-0.39, 0.29) is 5.56 Å². The zero-order chi connectivity index (χ0) is 21.2. The SMILES string of the molecule is COc1cc(/C=c2/sc3nc(-c4cccs4)nn3c2=O)ccc1OCc1ccccc1. The van der Waals surface area contributed by atoms with Crippen LogP contribution in [0.1, 0.15) is 11.1 Å². The van der Waals surface area contributed by atoms with E-state index in [2.05, 4.69) is 10.1 Å². The van der Waals surface area contributed by atoms with E-state index in [9.17, 15) is 4.79 Å². The molecule has 0 atom stereocenters. The molecular formula is C23H17N3O3S2. The van der Waals surface area contributed by atoms with Crippen molar-refractivity contribution >= 4 is 33.7 Å². The van der Waals surface area contributed by atoms with Gasteiger partial charge in [0.1, 0.15) is 6.61 Å². The molecule has 0 amide bonds. The molecule has 0 radical (unpaired) electrons. The van der Waals surface area contributed by atoms with Crippen molar-refractivity contribution < 1.29 is 9.47 Å². The van der Waals surface area contributed by atoms with Gasteiger partial charge in [0, 0.05) is 0 Å². The van der Waals surface area contributed by atoms with Gasteiger partial charge in [0.05, 0.1) is 16.5 Å². The molecule has 0 aliphatic heterocycles. The molecule has 0 aliphatic carbocycles. The van der Waals surface area contributed by atoms with Gasteiger partial charge in [0.25, 0.3) is 5.56 Å². The lowest BCUT2D eigenvalue weighted by Gasteiger charge is -2.11. The summed E-state index contributed by atoms with van der Waals surface area (Å²) in [6.45, 7) is 0.450. The molecule has 3 heterocycles. The third-order valence-electron chi connectivity index (χ3n) is 4.65. The summed E-state index contributed by atoms with van der Waals surface area (Å²) < 4.78 is 13.3. The maximum absolute atomic E-state index is 12.8. The van der Waals surface area contributed by atoms with Crippen LogP contribution in [0, 0.1) is 0 Å². The van der Waals surface area contributed by atoms with E-state index in [0.717, 1.165) is 16.0 Å². The van der Waals surface area contributed by atoms with Gasteiger partial charge >= 0.3 is 0 Å². The lowest BCUT2D eigenvalue weighted by Crippen LogP contribution is -2.23. The summed E-state index contributed by atoms with van der Waals surface area (Å²) in [5.74, 6) is 1.83. The van der Waals surface area contributed by atoms with Gasteiger partial charge in [-0.15, -0.1) is 16.4 Å². The first-order chi connectivity index (χ1) is 15.2. The van der Waals surface area contributed by atoms with E-state index in [1.807, 2.05) is 72.1 Å². The second-order valence-corrected chi connectivity index (χ2v) is 8.66. The highest BCUT2D eigenvalue weighted by atomic mass is 32.1. The summed E-state index contributed by atoms with van der Waals surface area (Å²) in [6.07, 6.45) is 1.82. The molecule has 0 saturated heterocycles. The summed E-state index contributed by atoms with van der Waals surface area (Å²) >= 11 is 2.86. The molecule has 8 heteroatoms. The molecule has 5 rings (SSSR count). The predicted octanol–water partition coefficient (Wildman–Crippen LogP) is 4.01. The van der Waals surface area contributed by atoms with E-state index < -0.39 is 0 Å². The lowest BCUT2D eigenvalue weighted by atomic mass is 10.2. The number of thiophene rings is 1. The molecule has 5 aromatic rings. The van der Waals surface area contributed by atoms with Gasteiger partial charge in [-0.25, -0.2) is 0 Å². The smallest absolute Gasteiger partial charge is 0.291 e. The van der Waals surface area contributed by atoms with Gasteiger partial charge < -0.3 is 9.47 Å². The Labute approximate surface area is 185 Å². The molecule has 0 spiro atoms. The van der Waals surface area contributed by atoms with Crippen LogP contribution in [-0.2, 0) is 6.61 Å². The molecule has 6 nitrogen and oxygen atoms in total. The van der Waals surface area contributed by atoms with Crippen molar-refractivity contribution in [3.05, 3.63) is 92.1 Å². The molecule has 2 aromatic carbocycles. The fraction of sp³-hybridized carbons (Fsp3) is 0.0870. The molecule has 0 N–H and O–H groups in total. The molecule has 0 fully saturated rings. The van der Waals surface area contributed by atoms with Crippen LogP contribution in [0.3, 0.4) is 0 Å². The van der Waals surface area contributed by atoms with Crippen molar-refractivity contribution in [2.24, 2.45) is 0 Å². The van der Waals surface area contributed by atoms with Gasteiger partial charge in [0.15, 0.2) is 17.3 Å². The number of hydrogen-bond acceptors (Lipinski definition) is 7. The number of hydrogen-bond donors (Lipinski definition) is 0. The van der Waals surface area contributed by atoms with Crippen LogP contribution < -0.4 is 19.6 Å². The first kappa shape index (κ1) is 19.5. The second kappa shape index (κ2) is 8.33. The van der Waals surface area contributed by atoms with E-state index in [1.54, 1.807) is 18.4 Å². The Bertz CT molecular complexity index is 1440. The molecular weight excluding hydrogens is 430 g/mol. The normalized spacial score (nSPS) is 11.8. The molecule has 0 unspecified atom stereocenters. The summed E-state index contributed by atoms with van der Waals surface area (Å²) in [4.78, 5) is 18.8. The van der Waals surface area contributed by atoms with Crippen LogP contribution in [0.15, 0.2) is 70.8 Å². The third-order valence-corrected chi connectivity index (χ3v) is 6.47. The van der Waals surface area contributed by atoms with Crippen LogP contribution in [0.25, 0.3) is 21.7 Å². The molecule has 0 aliphatic rings. The van der Waals surface area contributed by atoms with Gasteiger partial charge in [-0.05, 0) is 40.8 Å². The van der Waals surface area contributed by atoms with Gasteiger partial charge in [-0.2, -0.15) is 9.50 Å². The number of rotatable bonds is 6. The van der Waals surface area contributed by atoms with Crippen molar-refractivity contribution in [1.29, 1.82) is 0 Å². The Balaban J connectivity index is 1.43. The van der Waals surface area contributed by atoms with E-state index in [0.29, 0.717) is 33.4 Å². The Hall–Kier alpha value is -3.49. The summed E-state index contributed by atoms with van der Waals surface area (Å²) in [5, 5.41) is 6.33. The average molecular weight is 448 g/mol. The molecule has 154 valence electrons. The van der Waals surface area contributed by atoms with Crippen LogP contribution in [0.2, 0.25) is 0 Å². The minimum atomic E-state index is -0.182. The molecule has 31 heavy (non-hydrogen) atoms. The number of thiazole rings is 1. The summed E-state index contributed by atoms with van der Waals surface area (Å²) in [7, 11) is 1.60. The number of benzene rings is 2. The molecule has 0 bridgehead atoms. The van der Waals surface area contributed by atoms with E-state index in [1.165, 1.54) is 15.9 Å². The van der Waals surface area contributed by atoms with E-state index in [4.69, 9.17) is 9.47 Å². The van der Waals surface area contributed by atoms with Crippen LogP contribution >= 0.6 is 22.7 Å². The highest BCUT2D eigenvalue weighted by molar-refractivity contribution is 7.15. The van der Waals surface area contributed by atoms with Crippen LogP contribution in [0.4, 0.5) is 0 Å². The Morgan fingerprint density at radius 3 is 2.68 bits per heavy atom. The highest BCUT2D eigenvalue weighted by Crippen LogP contribution is 2.29. The summed E-state index contributed by atoms with van der Waals surface area (Å²) in [5.41, 5.74) is 1.73. The fourth-order valence-corrected chi connectivity index (χ4v) is 4.68. The second-order valence-electron chi connectivity index (χ2n) is 6.71. The van der Waals surface area contributed by atoms with Crippen molar-refractivity contribution in [2.75, 3.05) is 7.11 Å². The number of nitrogens with zero attached hydrogens (tertiary/aromatic N) is 3. The zero-order valence-corrected chi connectivity index (χ0v) is 18.2. The molecule has 0 saturated carbocycles. The zero-order valence-electron chi connectivity index (χ0n) is 16.5. The lowest BCUT2D eigenvalue weighted by molar-refractivity contribution is 0.284. The minimum absolute atomic E-state index is 0.182. The number of ether oxygens (including phenoxy) is 2. The van der Waals surface area contributed by atoms with E-state index >= 15 is 0 Å². The van der Waals surface area contributed by atoms with Crippen molar-refractivity contribution in [2.45, 2.75) is 6.61 Å². The predicted molar refractivity (Wildman–Crippen MR) is 123 cm³/mol. The monoisotopic (exact) mass is 447 g/mol. The third kappa shape index (κ3) is 3.95. The minimum Gasteiger partial charge on any atom is -0.493 e. The number of fused-ring (bicyclic) bond motifs is 1. The summed E-state index contributed by atoms with van der Waals surface area (Å²) in [6, 6.07) is 19.4. The average Bonchev–Trinajstić information content (AvgIpc) is 3.52. The highest BCUT2D eigenvalue weighted by Gasteiger charge is 2.13. The number of aromatic nitrogens is 3. The maximum atomic E-state index is 12.8. The van der Waals surface area contributed by atoms with Gasteiger partial charge in [-0.3, -0.25) is 4.79 Å².